The average Bonchev–Trinajstić information content (AvgIpc) is 2.30. The maximum absolute atomic E-state index is 5.85. The van der Waals surface area contributed by atoms with Crippen LogP contribution in [0.25, 0.3) is 0 Å². The molecule has 0 saturated carbocycles. The zero-order chi connectivity index (χ0) is 14.0. The number of hydrogen-bond donors (Lipinski definition) is 1. The average molecular weight is 257 g/mol. The highest BCUT2D eigenvalue weighted by molar-refractivity contribution is 5.47. The fourth-order valence-corrected chi connectivity index (χ4v) is 1.85. The molecule has 2 aromatic rings. The van der Waals surface area contributed by atoms with Crippen LogP contribution in [-0.4, -0.2) is 9.97 Å². The van der Waals surface area contributed by atoms with Crippen molar-refractivity contribution in [3.8, 4) is 11.6 Å². The van der Waals surface area contributed by atoms with Gasteiger partial charge in [-0.1, -0.05) is 32.9 Å². The molecule has 1 aromatic heterocycles. The minimum absolute atomic E-state index is 0.0139. The zero-order valence-electron chi connectivity index (χ0n) is 11.8. The van der Waals surface area contributed by atoms with Gasteiger partial charge in [0.15, 0.2) is 5.82 Å². The zero-order valence-corrected chi connectivity index (χ0v) is 11.8. The van der Waals surface area contributed by atoms with Gasteiger partial charge in [0, 0.05) is 18.0 Å². The third kappa shape index (κ3) is 3.02. The lowest BCUT2D eigenvalue weighted by Crippen LogP contribution is -2.13. The van der Waals surface area contributed by atoms with E-state index in [0.717, 1.165) is 16.9 Å². The summed E-state index contributed by atoms with van der Waals surface area (Å²) in [5.41, 5.74) is 8.00. The summed E-state index contributed by atoms with van der Waals surface area (Å²) < 4.78 is 5.85. The van der Waals surface area contributed by atoms with Gasteiger partial charge in [0.2, 0.25) is 0 Å². The third-order valence-corrected chi connectivity index (χ3v) is 2.84. The van der Waals surface area contributed by atoms with E-state index in [-0.39, 0.29) is 5.41 Å². The molecule has 0 unspecified atom stereocenters. The predicted octanol–water partition coefficient (Wildman–Crippen LogP) is 3.46. The van der Waals surface area contributed by atoms with Crippen LogP contribution in [0.15, 0.2) is 30.6 Å². The van der Waals surface area contributed by atoms with Crippen LogP contribution in [0.4, 0.5) is 5.82 Å². The van der Waals surface area contributed by atoms with Crippen LogP contribution in [0.1, 0.15) is 31.9 Å². The smallest absolute Gasteiger partial charge is 0.262 e. The monoisotopic (exact) mass is 257 g/mol. The first-order valence-electron chi connectivity index (χ1n) is 6.23. The van der Waals surface area contributed by atoms with Gasteiger partial charge in [-0.2, -0.15) is 0 Å². The van der Waals surface area contributed by atoms with Crippen molar-refractivity contribution in [1.82, 2.24) is 9.97 Å². The summed E-state index contributed by atoms with van der Waals surface area (Å²) in [4.78, 5) is 8.10. The first kappa shape index (κ1) is 13.3. The minimum Gasteiger partial charge on any atom is -0.436 e. The van der Waals surface area contributed by atoms with E-state index < -0.39 is 0 Å². The minimum atomic E-state index is -0.0139. The van der Waals surface area contributed by atoms with Gasteiger partial charge in [-0.25, -0.2) is 9.97 Å². The van der Waals surface area contributed by atoms with Crippen LogP contribution in [0, 0.1) is 6.92 Å². The first-order valence-corrected chi connectivity index (χ1v) is 6.23. The van der Waals surface area contributed by atoms with Gasteiger partial charge in [-0.15, -0.1) is 0 Å². The third-order valence-electron chi connectivity index (χ3n) is 2.84. The predicted molar refractivity (Wildman–Crippen MR) is 76.4 cm³/mol. The normalized spacial score (nSPS) is 11.4. The molecule has 0 fully saturated rings. The second kappa shape index (κ2) is 4.88. The number of nitrogens with two attached hydrogens (primary N) is 1. The highest BCUT2D eigenvalue weighted by Crippen LogP contribution is 2.35. The summed E-state index contributed by atoms with van der Waals surface area (Å²) in [6.45, 7) is 8.46. The Hall–Kier alpha value is -2.10. The lowest BCUT2D eigenvalue weighted by molar-refractivity contribution is 0.440. The summed E-state index contributed by atoms with van der Waals surface area (Å²) >= 11 is 0. The Morgan fingerprint density at radius 3 is 2.42 bits per heavy atom. The highest BCUT2D eigenvalue weighted by atomic mass is 16.5. The number of aromatic nitrogens is 2. The van der Waals surface area contributed by atoms with Gasteiger partial charge in [-0.05, 0) is 24.0 Å². The van der Waals surface area contributed by atoms with Crippen molar-refractivity contribution in [2.45, 2.75) is 33.1 Å². The van der Waals surface area contributed by atoms with Gasteiger partial charge >= 0.3 is 0 Å². The van der Waals surface area contributed by atoms with Crippen LogP contribution >= 0.6 is 0 Å². The molecule has 4 nitrogen and oxygen atoms in total. The molecule has 0 aliphatic carbocycles. The second-order valence-corrected chi connectivity index (χ2v) is 5.60. The molecule has 100 valence electrons. The SMILES string of the molecule is Cc1ccc(C(C)(C)C)c(Oc2nccnc2N)c1. The Morgan fingerprint density at radius 2 is 1.79 bits per heavy atom. The Bertz CT molecular complexity index is 588. The Labute approximate surface area is 113 Å². The van der Waals surface area contributed by atoms with E-state index in [9.17, 15) is 0 Å². The van der Waals surface area contributed by atoms with E-state index in [0.29, 0.717) is 11.7 Å². The van der Waals surface area contributed by atoms with Gasteiger partial charge in [0.05, 0.1) is 0 Å². The molecule has 0 atom stereocenters. The molecule has 0 aliphatic heterocycles. The van der Waals surface area contributed by atoms with E-state index in [1.807, 2.05) is 13.0 Å². The second-order valence-electron chi connectivity index (χ2n) is 5.60. The van der Waals surface area contributed by atoms with Crippen molar-refractivity contribution in [1.29, 1.82) is 0 Å². The van der Waals surface area contributed by atoms with Crippen LogP contribution in [0.5, 0.6) is 11.6 Å². The summed E-state index contributed by atoms with van der Waals surface area (Å²) in [6.07, 6.45) is 3.11. The molecule has 19 heavy (non-hydrogen) atoms. The van der Waals surface area contributed by atoms with Gasteiger partial charge < -0.3 is 10.5 Å². The molecular weight excluding hydrogens is 238 g/mol. The summed E-state index contributed by atoms with van der Waals surface area (Å²) in [6, 6.07) is 6.15. The molecule has 2 rings (SSSR count). The Morgan fingerprint density at radius 1 is 1.11 bits per heavy atom. The van der Waals surface area contributed by atoms with Crippen molar-refractivity contribution in [3.05, 3.63) is 41.7 Å². The Balaban J connectivity index is 2.45. The molecule has 2 N–H and O–H groups in total. The number of ether oxygens (including phenoxy) is 1. The highest BCUT2D eigenvalue weighted by Gasteiger charge is 2.20. The first-order chi connectivity index (χ1) is 8.88. The molecule has 0 saturated heterocycles. The number of rotatable bonds is 2. The van der Waals surface area contributed by atoms with Crippen molar-refractivity contribution in [2.24, 2.45) is 0 Å². The number of hydrogen-bond acceptors (Lipinski definition) is 4. The van der Waals surface area contributed by atoms with E-state index >= 15 is 0 Å². The molecule has 0 spiro atoms. The maximum Gasteiger partial charge on any atom is 0.262 e. The van der Waals surface area contributed by atoms with E-state index in [4.69, 9.17) is 10.5 Å². The summed E-state index contributed by atoms with van der Waals surface area (Å²) in [5.74, 6) is 1.42. The van der Waals surface area contributed by atoms with Gasteiger partial charge in [-0.3, -0.25) is 0 Å². The maximum atomic E-state index is 5.85. The van der Waals surface area contributed by atoms with E-state index in [2.05, 4.69) is 42.9 Å². The quantitative estimate of drug-likeness (QED) is 0.895. The largest absolute Gasteiger partial charge is 0.436 e. The fourth-order valence-electron chi connectivity index (χ4n) is 1.85. The lowest BCUT2D eigenvalue weighted by Gasteiger charge is -2.23. The molecular formula is C15H19N3O. The lowest BCUT2D eigenvalue weighted by atomic mass is 9.86. The molecule has 1 heterocycles. The summed E-state index contributed by atoms with van der Waals surface area (Å²) in [7, 11) is 0. The Kier molecular flexibility index (Phi) is 3.42. The van der Waals surface area contributed by atoms with E-state index in [1.165, 1.54) is 0 Å². The topological polar surface area (TPSA) is 61.0 Å². The van der Waals surface area contributed by atoms with Crippen molar-refractivity contribution in [2.75, 3.05) is 5.73 Å². The number of nitrogens with zero attached hydrogens (tertiary/aromatic N) is 2. The number of aryl methyl sites for hydroxylation is 1. The van der Waals surface area contributed by atoms with Crippen LogP contribution < -0.4 is 10.5 Å². The molecule has 1 aromatic carbocycles. The van der Waals surface area contributed by atoms with Crippen LogP contribution in [0.2, 0.25) is 0 Å². The van der Waals surface area contributed by atoms with E-state index in [1.54, 1.807) is 12.4 Å². The van der Waals surface area contributed by atoms with Crippen molar-refractivity contribution in [3.63, 3.8) is 0 Å². The molecule has 0 radical (unpaired) electrons. The molecule has 0 aliphatic rings. The standard InChI is InChI=1S/C15H19N3O/c1-10-5-6-11(15(2,3)4)12(9-10)19-14-13(16)17-7-8-18-14/h5-9H,1-4H3,(H2,16,17). The van der Waals surface area contributed by atoms with Gasteiger partial charge in [0.1, 0.15) is 5.75 Å². The van der Waals surface area contributed by atoms with Crippen molar-refractivity contribution < 1.29 is 4.74 Å². The van der Waals surface area contributed by atoms with Crippen molar-refractivity contribution >= 4 is 5.82 Å². The number of benzene rings is 1. The van der Waals surface area contributed by atoms with Crippen LogP contribution in [0.3, 0.4) is 0 Å². The number of anilines is 1. The molecule has 0 bridgehead atoms. The fraction of sp³-hybridized carbons (Fsp3) is 0.333. The van der Waals surface area contributed by atoms with Gasteiger partial charge in [0.25, 0.3) is 5.88 Å². The molecule has 0 amide bonds. The van der Waals surface area contributed by atoms with Crippen LogP contribution in [-0.2, 0) is 5.41 Å². The molecule has 4 heteroatoms. The number of nitrogen functional groups attached to an aromatic ring is 1. The summed E-state index contributed by atoms with van der Waals surface area (Å²) in [5, 5.41) is 0.